The van der Waals surface area contributed by atoms with Crippen molar-refractivity contribution in [3.63, 3.8) is 0 Å². The van der Waals surface area contributed by atoms with Gasteiger partial charge >= 0.3 is 5.97 Å². The molecule has 3 unspecified atom stereocenters. The van der Waals surface area contributed by atoms with Crippen LogP contribution in [0.2, 0.25) is 0 Å². The third kappa shape index (κ3) is 4.54. The number of carbonyl (C=O) groups is 1. The number of rotatable bonds is 2. The number of hydrogen-bond donors (Lipinski definition) is 0. The summed E-state index contributed by atoms with van der Waals surface area (Å²) in [4.78, 5) is 10.6. The van der Waals surface area contributed by atoms with Crippen LogP contribution in [0.3, 0.4) is 0 Å². The van der Waals surface area contributed by atoms with Crippen LogP contribution in [-0.2, 0) is 9.53 Å². The van der Waals surface area contributed by atoms with E-state index in [4.69, 9.17) is 4.74 Å². The van der Waals surface area contributed by atoms with Crippen molar-refractivity contribution in [1.29, 1.82) is 0 Å². The highest BCUT2D eigenvalue weighted by Crippen LogP contribution is 2.48. The molecule has 0 heterocycles. The molecule has 94 valence electrons. The lowest BCUT2D eigenvalue weighted by molar-refractivity contribution is -0.142. The highest BCUT2D eigenvalue weighted by Gasteiger charge is 2.39. The normalized spacial score (nSPS) is 31.2. The van der Waals surface area contributed by atoms with Gasteiger partial charge in [-0.05, 0) is 42.9 Å². The van der Waals surface area contributed by atoms with Crippen molar-refractivity contribution in [1.82, 2.24) is 0 Å². The zero-order valence-corrected chi connectivity index (χ0v) is 11.2. The first-order valence-corrected chi connectivity index (χ1v) is 6.62. The van der Waals surface area contributed by atoms with Crippen LogP contribution in [0.1, 0.15) is 53.4 Å². The Labute approximate surface area is 99.8 Å². The summed E-state index contributed by atoms with van der Waals surface area (Å²) >= 11 is 0. The summed E-state index contributed by atoms with van der Waals surface area (Å²) in [5.74, 6) is 3.22. The van der Waals surface area contributed by atoms with Gasteiger partial charge in [0.15, 0.2) is 0 Å². The minimum Gasteiger partial charge on any atom is -0.466 e. The van der Waals surface area contributed by atoms with E-state index in [1.54, 1.807) is 0 Å². The minimum absolute atomic E-state index is 0.127. The highest BCUT2D eigenvalue weighted by molar-refractivity contribution is 5.65. The average Bonchev–Trinajstić information content (AvgIpc) is 2.74. The molecule has 0 radical (unpaired) electrons. The molecular weight excluding hydrogens is 200 g/mol. The lowest BCUT2D eigenvalue weighted by Crippen LogP contribution is -2.18. The number of fused-ring (bicyclic) bond motifs is 2. The molecule has 3 atom stereocenters. The van der Waals surface area contributed by atoms with Gasteiger partial charge in [0, 0.05) is 6.92 Å². The predicted molar refractivity (Wildman–Crippen MR) is 66.1 cm³/mol. The lowest BCUT2D eigenvalue weighted by Gasteiger charge is -2.20. The van der Waals surface area contributed by atoms with Crippen LogP contribution in [-0.4, -0.2) is 12.6 Å². The Morgan fingerprint density at radius 3 is 2.25 bits per heavy atom. The van der Waals surface area contributed by atoms with Crippen molar-refractivity contribution >= 4 is 5.97 Å². The van der Waals surface area contributed by atoms with Gasteiger partial charge in [-0.25, -0.2) is 0 Å². The second-order valence-electron chi connectivity index (χ2n) is 5.97. The van der Waals surface area contributed by atoms with Crippen molar-refractivity contribution < 1.29 is 9.53 Å². The van der Waals surface area contributed by atoms with Crippen molar-refractivity contribution in [3.8, 4) is 0 Å². The summed E-state index contributed by atoms with van der Waals surface area (Å²) in [5, 5.41) is 0. The Morgan fingerprint density at radius 1 is 1.25 bits per heavy atom. The van der Waals surface area contributed by atoms with Gasteiger partial charge in [0.25, 0.3) is 0 Å². The summed E-state index contributed by atoms with van der Waals surface area (Å²) in [7, 11) is 0. The lowest BCUT2D eigenvalue weighted by atomic mass is 9.90. The minimum atomic E-state index is -0.127. The van der Waals surface area contributed by atoms with Crippen molar-refractivity contribution in [2.45, 2.75) is 53.4 Å². The fourth-order valence-corrected chi connectivity index (χ4v) is 2.80. The molecule has 2 saturated carbocycles. The summed E-state index contributed by atoms with van der Waals surface area (Å²) in [6, 6.07) is 0. The summed E-state index contributed by atoms with van der Waals surface area (Å²) in [6.07, 6.45) is 5.49. The zero-order valence-electron chi connectivity index (χ0n) is 11.2. The van der Waals surface area contributed by atoms with E-state index in [1.807, 2.05) is 0 Å². The molecule has 2 nitrogen and oxygen atoms in total. The third-order valence-corrected chi connectivity index (χ3v) is 3.39. The van der Waals surface area contributed by atoms with Crippen LogP contribution in [0, 0.1) is 23.7 Å². The molecule has 2 fully saturated rings. The molecule has 16 heavy (non-hydrogen) atoms. The first kappa shape index (κ1) is 13.5. The third-order valence-electron chi connectivity index (χ3n) is 3.39. The van der Waals surface area contributed by atoms with Gasteiger partial charge in [-0.2, -0.15) is 0 Å². The van der Waals surface area contributed by atoms with E-state index >= 15 is 0 Å². The predicted octanol–water partition coefficient (Wildman–Crippen LogP) is 3.65. The Bertz CT molecular complexity index is 220. The molecule has 0 spiro atoms. The molecule has 2 aliphatic carbocycles. The topological polar surface area (TPSA) is 26.3 Å². The number of ether oxygens (including phenoxy) is 1. The van der Waals surface area contributed by atoms with Crippen molar-refractivity contribution in [2.24, 2.45) is 23.7 Å². The molecule has 0 aromatic carbocycles. The summed E-state index contributed by atoms with van der Waals surface area (Å²) in [5.41, 5.74) is 0. The molecule has 0 saturated heterocycles. The van der Waals surface area contributed by atoms with Crippen LogP contribution in [0.4, 0.5) is 0 Å². The van der Waals surface area contributed by atoms with Gasteiger partial charge < -0.3 is 4.74 Å². The standard InChI is InChI=1S/C10H16O2.C4H10/c1-7(11)12-6-10-5-8-2-3-9(10)4-8;1-4(2)3/h8-10H,2-6H2,1H3;4H,1-3H3. The monoisotopic (exact) mass is 226 g/mol. The Kier molecular flexibility index (Phi) is 5.30. The van der Waals surface area contributed by atoms with Crippen LogP contribution < -0.4 is 0 Å². The second kappa shape index (κ2) is 6.27. The van der Waals surface area contributed by atoms with E-state index in [9.17, 15) is 4.79 Å². The maximum atomic E-state index is 10.6. The molecule has 2 aliphatic rings. The number of carbonyl (C=O) groups excluding carboxylic acids is 1. The molecule has 0 N–H and O–H groups in total. The molecule has 2 bridgehead atoms. The molecule has 2 rings (SSSR count). The SMILES string of the molecule is CC(=O)OCC1CC2CCC1C2.CC(C)C. The largest absolute Gasteiger partial charge is 0.466 e. The van der Waals surface area contributed by atoms with Gasteiger partial charge in [0.1, 0.15) is 0 Å². The quantitative estimate of drug-likeness (QED) is 0.672. The number of hydrogen-bond acceptors (Lipinski definition) is 2. The highest BCUT2D eigenvalue weighted by atomic mass is 16.5. The van der Waals surface area contributed by atoms with Crippen molar-refractivity contribution in [2.75, 3.05) is 6.61 Å². The molecule has 0 amide bonds. The zero-order chi connectivity index (χ0) is 12.1. The van der Waals surface area contributed by atoms with Gasteiger partial charge in [0.05, 0.1) is 6.61 Å². The molecule has 2 heteroatoms. The maximum absolute atomic E-state index is 10.6. The maximum Gasteiger partial charge on any atom is 0.302 e. The van der Waals surface area contributed by atoms with Gasteiger partial charge in [0.2, 0.25) is 0 Å². The first-order valence-electron chi connectivity index (χ1n) is 6.62. The van der Waals surface area contributed by atoms with Gasteiger partial charge in [-0.3, -0.25) is 4.79 Å². The van der Waals surface area contributed by atoms with Crippen LogP contribution in [0.5, 0.6) is 0 Å². The van der Waals surface area contributed by atoms with E-state index in [0.29, 0.717) is 12.5 Å². The van der Waals surface area contributed by atoms with E-state index in [2.05, 4.69) is 20.8 Å². The van der Waals surface area contributed by atoms with E-state index in [-0.39, 0.29) is 5.97 Å². The second-order valence-corrected chi connectivity index (χ2v) is 5.97. The Hall–Kier alpha value is -0.530. The van der Waals surface area contributed by atoms with Crippen molar-refractivity contribution in [3.05, 3.63) is 0 Å². The fraction of sp³-hybridized carbons (Fsp3) is 0.929. The Balaban J connectivity index is 0.000000280. The molecular formula is C14H26O2. The molecule has 0 aromatic heterocycles. The molecule has 0 aliphatic heterocycles. The summed E-state index contributed by atoms with van der Waals surface area (Å²) in [6.45, 7) is 8.67. The van der Waals surface area contributed by atoms with Gasteiger partial charge in [-0.1, -0.05) is 27.2 Å². The van der Waals surface area contributed by atoms with Crippen LogP contribution >= 0.6 is 0 Å². The fourth-order valence-electron chi connectivity index (χ4n) is 2.80. The van der Waals surface area contributed by atoms with Crippen LogP contribution in [0.15, 0.2) is 0 Å². The first-order chi connectivity index (χ1) is 7.49. The van der Waals surface area contributed by atoms with E-state index in [0.717, 1.165) is 17.8 Å². The van der Waals surface area contributed by atoms with Crippen LogP contribution in [0.25, 0.3) is 0 Å². The average molecular weight is 226 g/mol. The number of esters is 1. The summed E-state index contributed by atoms with van der Waals surface area (Å²) < 4.78 is 5.04. The van der Waals surface area contributed by atoms with E-state index < -0.39 is 0 Å². The van der Waals surface area contributed by atoms with Gasteiger partial charge in [-0.15, -0.1) is 0 Å². The Morgan fingerprint density at radius 2 is 1.88 bits per heavy atom. The smallest absolute Gasteiger partial charge is 0.302 e. The molecule has 0 aromatic rings. The van der Waals surface area contributed by atoms with E-state index in [1.165, 1.54) is 32.6 Å².